The Hall–Kier alpha value is -1.69. The summed E-state index contributed by atoms with van der Waals surface area (Å²) in [7, 11) is 2.24. The van der Waals surface area contributed by atoms with Crippen molar-refractivity contribution in [1.82, 2.24) is 19.8 Å². The van der Waals surface area contributed by atoms with Crippen LogP contribution in [0.25, 0.3) is 0 Å². The molecule has 148 valence electrons. The number of nitrogens with zero attached hydrogens (tertiary/aromatic N) is 5. The van der Waals surface area contributed by atoms with Crippen LogP contribution in [0.2, 0.25) is 0 Å². The Morgan fingerprint density at radius 2 is 1.85 bits per heavy atom. The molecule has 1 saturated carbocycles. The van der Waals surface area contributed by atoms with E-state index in [1.54, 1.807) is 0 Å². The molecule has 6 nitrogen and oxygen atoms in total. The lowest BCUT2D eigenvalue weighted by Gasteiger charge is -2.50. The predicted octanol–water partition coefficient (Wildman–Crippen LogP) is 2.31. The van der Waals surface area contributed by atoms with Gasteiger partial charge in [-0.05, 0) is 59.4 Å². The number of hydrogen-bond donors (Lipinski definition) is 0. The van der Waals surface area contributed by atoms with E-state index in [0.717, 1.165) is 68.8 Å². The molecule has 0 radical (unpaired) electrons. The highest BCUT2D eigenvalue weighted by Gasteiger charge is 2.43. The van der Waals surface area contributed by atoms with Crippen molar-refractivity contribution in [1.29, 1.82) is 0 Å². The Bertz CT molecular complexity index is 732. The lowest BCUT2D eigenvalue weighted by atomic mass is 9.86. The number of likely N-dealkylation sites (N-methyl/N-ethyl adjacent to an activating group) is 1. The average molecular weight is 372 g/mol. The summed E-state index contributed by atoms with van der Waals surface area (Å²) in [6.45, 7) is 11.0. The number of likely N-dealkylation sites (tertiary alicyclic amines) is 1. The third-order valence-electron chi connectivity index (χ3n) is 6.95. The zero-order chi connectivity index (χ0) is 19.2. The molecule has 1 aromatic heterocycles. The Balaban J connectivity index is 1.56. The molecule has 1 aromatic rings. The minimum atomic E-state index is 0.0609. The molecule has 1 spiro atoms. The van der Waals surface area contributed by atoms with Gasteiger partial charge in [-0.15, -0.1) is 0 Å². The van der Waals surface area contributed by atoms with Gasteiger partial charge in [0.15, 0.2) is 0 Å². The molecule has 1 unspecified atom stereocenters. The van der Waals surface area contributed by atoms with E-state index in [0.29, 0.717) is 12.3 Å². The highest BCUT2D eigenvalue weighted by atomic mass is 16.2. The van der Waals surface area contributed by atoms with Crippen molar-refractivity contribution in [3.05, 3.63) is 17.1 Å². The van der Waals surface area contributed by atoms with Crippen LogP contribution >= 0.6 is 0 Å². The number of piperazine rings is 1. The molecule has 0 N–H and O–H groups in total. The smallest absolute Gasteiger partial charge is 0.222 e. The van der Waals surface area contributed by atoms with E-state index < -0.39 is 0 Å². The zero-order valence-electron chi connectivity index (χ0n) is 17.3. The quantitative estimate of drug-likeness (QED) is 0.816. The number of aryl methyl sites for hydroxylation is 2. The normalized spacial score (nSPS) is 27.3. The fourth-order valence-electron chi connectivity index (χ4n) is 4.74. The minimum absolute atomic E-state index is 0.0609. The molecule has 6 heteroatoms. The summed E-state index contributed by atoms with van der Waals surface area (Å²) >= 11 is 0. The molecule has 3 aliphatic rings. The number of rotatable bonds is 3. The molecule has 2 saturated heterocycles. The Morgan fingerprint density at radius 1 is 1.07 bits per heavy atom. The molecular weight excluding hydrogens is 338 g/mol. The van der Waals surface area contributed by atoms with E-state index in [1.165, 1.54) is 18.4 Å². The SMILES string of the molecule is Cc1nc(C)c(C)c(N2CCN(C)C3(CCC(=O)N(CC4CC4)CC3)C2)n1. The second-order valence-electron chi connectivity index (χ2n) is 8.91. The first-order valence-corrected chi connectivity index (χ1v) is 10.4. The number of anilines is 1. The number of carbonyl (C=O) groups is 1. The Morgan fingerprint density at radius 3 is 2.59 bits per heavy atom. The molecule has 0 aromatic carbocycles. The lowest BCUT2D eigenvalue weighted by molar-refractivity contribution is -0.130. The maximum atomic E-state index is 12.7. The Labute approximate surface area is 162 Å². The van der Waals surface area contributed by atoms with Gasteiger partial charge >= 0.3 is 0 Å². The van der Waals surface area contributed by atoms with Crippen molar-refractivity contribution in [3.8, 4) is 0 Å². The number of amides is 1. The molecule has 1 amide bonds. The van der Waals surface area contributed by atoms with Crippen LogP contribution in [0.15, 0.2) is 0 Å². The van der Waals surface area contributed by atoms with Gasteiger partial charge < -0.3 is 9.80 Å². The van der Waals surface area contributed by atoms with E-state index in [4.69, 9.17) is 4.98 Å². The molecule has 27 heavy (non-hydrogen) atoms. The van der Waals surface area contributed by atoms with Crippen LogP contribution in [0, 0.1) is 26.7 Å². The topological polar surface area (TPSA) is 52.6 Å². The summed E-state index contributed by atoms with van der Waals surface area (Å²) in [6, 6.07) is 0. The van der Waals surface area contributed by atoms with Crippen LogP contribution in [0.1, 0.15) is 49.2 Å². The highest BCUT2D eigenvalue weighted by molar-refractivity contribution is 5.76. The van der Waals surface area contributed by atoms with Crippen molar-refractivity contribution in [2.45, 2.75) is 58.4 Å². The number of carbonyl (C=O) groups excluding carboxylic acids is 1. The van der Waals surface area contributed by atoms with Crippen LogP contribution in [0.3, 0.4) is 0 Å². The molecule has 1 atom stereocenters. The molecule has 0 bridgehead atoms. The molecule has 1 aliphatic carbocycles. The maximum absolute atomic E-state index is 12.7. The first-order chi connectivity index (χ1) is 12.9. The summed E-state index contributed by atoms with van der Waals surface area (Å²) in [6.07, 6.45) is 5.27. The van der Waals surface area contributed by atoms with Gasteiger partial charge in [0.1, 0.15) is 11.6 Å². The van der Waals surface area contributed by atoms with Gasteiger partial charge in [0, 0.05) is 55.9 Å². The molecule has 2 aliphatic heterocycles. The summed E-state index contributed by atoms with van der Waals surface area (Å²) in [5.74, 6) is 3.04. The van der Waals surface area contributed by atoms with Crippen molar-refractivity contribution in [2.75, 3.05) is 44.7 Å². The van der Waals surface area contributed by atoms with Crippen LogP contribution in [-0.2, 0) is 4.79 Å². The van der Waals surface area contributed by atoms with Gasteiger partial charge in [-0.1, -0.05) is 0 Å². The first-order valence-electron chi connectivity index (χ1n) is 10.4. The fraction of sp³-hybridized carbons (Fsp3) is 0.762. The van der Waals surface area contributed by atoms with Crippen molar-refractivity contribution < 1.29 is 4.79 Å². The summed E-state index contributed by atoms with van der Waals surface area (Å²) in [5.41, 5.74) is 2.31. The second kappa shape index (κ2) is 7.04. The lowest BCUT2D eigenvalue weighted by Crippen LogP contribution is -2.61. The van der Waals surface area contributed by atoms with Crippen molar-refractivity contribution >= 4 is 11.7 Å². The average Bonchev–Trinajstić information content (AvgIpc) is 3.46. The minimum Gasteiger partial charge on any atom is -0.353 e. The van der Waals surface area contributed by atoms with Gasteiger partial charge in [-0.25, -0.2) is 9.97 Å². The van der Waals surface area contributed by atoms with Crippen LogP contribution in [0.5, 0.6) is 0 Å². The third kappa shape index (κ3) is 3.68. The first kappa shape index (κ1) is 18.7. The van der Waals surface area contributed by atoms with E-state index in [1.807, 2.05) is 6.92 Å². The monoisotopic (exact) mass is 371 g/mol. The van der Waals surface area contributed by atoms with Gasteiger partial charge in [-0.3, -0.25) is 9.69 Å². The Kier molecular flexibility index (Phi) is 4.87. The zero-order valence-corrected chi connectivity index (χ0v) is 17.3. The van der Waals surface area contributed by atoms with Crippen molar-refractivity contribution in [2.24, 2.45) is 5.92 Å². The van der Waals surface area contributed by atoms with Crippen LogP contribution in [0.4, 0.5) is 5.82 Å². The summed E-state index contributed by atoms with van der Waals surface area (Å²) in [4.78, 5) is 29.1. The van der Waals surface area contributed by atoms with Gasteiger partial charge in [-0.2, -0.15) is 0 Å². The molecule has 4 rings (SSSR count). The van der Waals surface area contributed by atoms with Gasteiger partial charge in [0.25, 0.3) is 0 Å². The summed E-state index contributed by atoms with van der Waals surface area (Å²) in [5, 5.41) is 0. The largest absolute Gasteiger partial charge is 0.353 e. The van der Waals surface area contributed by atoms with E-state index in [2.05, 4.69) is 40.6 Å². The van der Waals surface area contributed by atoms with E-state index >= 15 is 0 Å². The number of hydrogen-bond acceptors (Lipinski definition) is 5. The standard InChI is InChI=1S/C21H33N5O/c1-15-16(2)22-17(3)23-20(15)26-12-11-24(4)21(14-26)8-7-19(27)25(10-9-21)13-18-5-6-18/h18H,5-14H2,1-4H3. The molecule has 3 heterocycles. The summed E-state index contributed by atoms with van der Waals surface area (Å²) < 4.78 is 0. The molecule has 3 fully saturated rings. The highest BCUT2D eigenvalue weighted by Crippen LogP contribution is 2.36. The predicted molar refractivity (Wildman–Crippen MR) is 107 cm³/mol. The van der Waals surface area contributed by atoms with E-state index in [-0.39, 0.29) is 5.54 Å². The van der Waals surface area contributed by atoms with Gasteiger partial charge in [0.05, 0.1) is 0 Å². The van der Waals surface area contributed by atoms with Crippen molar-refractivity contribution in [3.63, 3.8) is 0 Å². The second-order valence-corrected chi connectivity index (χ2v) is 8.91. The molecular formula is C21H33N5O. The maximum Gasteiger partial charge on any atom is 0.222 e. The number of aromatic nitrogens is 2. The van der Waals surface area contributed by atoms with Crippen LogP contribution in [-0.4, -0.2) is 71.0 Å². The van der Waals surface area contributed by atoms with Crippen LogP contribution < -0.4 is 4.90 Å². The third-order valence-corrected chi connectivity index (χ3v) is 6.95. The van der Waals surface area contributed by atoms with E-state index in [9.17, 15) is 4.79 Å². The van der Waals surface area contributed by atoms with Gasteiger partial charge in [0.2, 0.25) is 5.91 Å². The fourth-order valence-corrected chi connectivity index (χ4v) is 4.74.